The first-order chi connectivity index (χ1) is 15.0. The number of methoxy groups -OCH3 is 1. The van der Waals surface area contributed by atoms with E-state index in [1.807, 2.05) is 38.1 Å². The number of amides is 2. The predicted octanol–water partition coefficient (Wildman–Crippen LogP) is 3.43. The fourth-order valence-electron chi connectivity index (χ4n) is 2.77. The number of thioether (sulfide) groups is 1. The minimum atomic E-state index is -0.601. The predicted molar refractivity (Wildman–Crippen MR) is 123 cm³/mol. The van der Waals surface area contributed by atoms with Gasteiger partial charge in [-0.3, -0.25) is 9.59 Å². The van der Waals surface area contributed by atoms with Crippen molar-refractivity contribution in [1.82, 2.24) is 5.32 Å². The molecule has 2 N–H and O–H groups in total. The molecule has 0 saturated carbocycles. The molecule has 1 aliphatic heterocycles. The molecule has 1 saturated heterocycles. The molecule has 1 fully saturated rings. The van der Waals surface area contributed by atoms with Gasteiger partial charge in [-0.15, -0.1) is 5.10 Å². The van der Waals surface area contributed by atoms with Gasteiger partial charge in [-0.05, 0) is 67.9 Å². The molecule has 1 heterocycles. The Balaban J connectivity index is 1.65. The van der Waals surface area contributed by atoms with Crippen LogP contribution in [0.15, 0.2) is 58.7 Å². The van der Waals surface area contributed by atoms with E-state index in [2.05, 4.69) is 20.8 Å². The van der Waals surface area contributed by atoms with Crippen LogP contribution in [-0.4, -0.2) is 41.7 Å². The summed E-state index contributed by atoms with van der Waals surface area (Å²) in [6.07, 6.45) is 0.0632. The van der Waals surface area contributed by atoms with Crippen molar-refractivity contribution in [1.29, 1.82) is 0 Å². The number of benzene rings is 2. The van der Waals surface area contributed by atoms with E-state index in [9.17, 15) is 9.59 Å². The van der Waals surface area contributed by atoms with Crippen molar-refractivity contribution in [2.24, 2.45) is 10.2 Å². The summed E-state index contributed by atoms with van der Waals surface area (Å²) in [5, 5.41) is 13.5. The molecule has 1 atom stereocenters. The highest BCUT2D eigenvalue weighted by Gasteiger charge is 2.30. The first-order valence-electron chi connectivity index (χ1n) is 9.75. The van der Waals surface area contributed by atoms with Crippen molar-refractivity contribution in [3.05, 3.63) is 54.1 Å². The number of ether oxygens (including phenoxy) is 2. The summed E-state index contributed by atoms with van der Waals surface area (Å²) in [6, 6.07) is 14.5. The van der Waals surface area contributed by atoms with E-state index in [4.69, 9.17) is 9.47 Å². The number of rotatable bonds is 7. The van der Waals surface area contributed by atoms with Gasteiger partial charge in [-0.25, -0.2) is 0 Å². The van der Waals surface area contributed by atoms with Gasteiger partial charge in [0.1, 0.15) is 16.7 Å². The van der Waals surface area contributed by atoms with E-state index >= 15 is 0 Å². The van der Waals surface area contributed by atoms with Gasteiger partial charge in [0.15, 0.2) is 5.17 Å². The van der Waals surface area contributed by atoms with Crippen molar-refractivity contribution in [2.75, 3.05) is 19.0 Å². The van der Waals surface area contributed by atoms with Crippen LogP contribution in [0.5, 0.6) is 11.5 Å². The minimum Gasteiger partial charge on any atom is -0.497 e. The molecule has 8 nitrogen and oxygen atoms in total. The SMILES string of the molecule is CCOc1ccc(NC(=O)[C@@H]2CC(=O)N/C(=N\N=C(\C)c3ccc(OC)cc3)S2)cc1. The van der Waals surface area contributed by atoms with Crippen molar-refractivity contribution in [2.45, 2.75) is 25.5 Å². The average Bonchev–Trinajstić information content (AvgIpc) is 2.78. The maximum absolute atomic E-state index is 12.6. The lowest BCUT2D eigenvalue weighted by atomic mass is 10.1. The molecule has 162 valence electrons. The molecule has 3 rings (SSSR count). The van der Waals surface area contributed by atoms with Crippen LogP contribution in [-0.2, 0) is 9.59 Å². The highest BCUT2D eigenvalue weighted by Crippen LogP contribution is 2.23. The van der Waals surface area contributed by atoms with Crippen LogP contribution in [0.25, 0.3) is 0 Å². The number of hydrogen-bond acceptors (Lipinski definition) is 7. The molecular formula is C22H24N4O4S. The van der Waals surface area contributed by atoms with Crippen LogP contribution in [0.2, 0.25) is 0 Å². The Labute approximate surface area is 185 Å². The van der Waals surface area contributed by atoms with E-state index in [1.54, 1.807) is 31.4 Å². The van der Waals surface area contributed by atoms with Crippen LogP contribution in [0.4, 0.5) is 5.69 Å². The van der Waals surface area contributed by atoms with Gasteiger partial charge in [0.25, 0.3) is 0 Å². The fourth-order valence-corrected chi connectivity index (χ4v) is 3.70. The van der Waals surface area contributed by atoms with Gasteiger partial charge in [0.05, 0.1) is 19.4 Å². The third-order valence-corrected chi connectivity index (χ3v) is 5.47. The second kappa shape index (κ2) is 10.6. The van der Waals surface area contributed by atoms with Crippen LogP contribution in [0.1, 0.15) is 25.8 Å². The smallest absolute Gasteiger partial charge is 0.238 e. The van der Waals surface area contributed by atoms with Crippen molar-refractivity contribution in [3.8, 4) is 11.5 Å². The zero-order chi connectivity index (χ0) is 22.2. The Bertz CT molecular complexity index is 988. The third-order valence-electron chi connectivity index (χ3n) is 4.39. The van der Waals surface area contributed by atoms with Crippen LogP contribution in [0, 0.1) is 0 Å². The summed E-state index contributed by atoms with van der Waals surface area (Å²) >= 11 is 1.17. The molecule has 0 aliphatic carbocycles. The number of hydrogen-bond donors (Lipinski definition) is 2. The number of carbonyl (C=O) groups excluding carboxylic acids is 2. The molecule has 9 heteroatoms. The minimum absolute atomic E-state index is 0.0632. The molecular weight excluding hydrogens is 416 g/mol. The number of anilines is 1. The summed E-state index contributed by atoms with van der Waals surface area (Å²) in [7, 11) is 1.60. The first-order valence-corrected chi connectivity index (χ1v) is 10.6. The average molecular weight is 441 g/mol. The topological polar surface area (TPSA) is 101 Å². The van der Waals surface area contributed by atoms with Crippen LogP contribution < -0.4 is 20.1 Å². The fraction of sp³-hybridized carbons (Fsp3) is 0.273. The normalized spacial score (nSPS) is 17.8. The van der Waals surface area contributed by atoms with Crippen LogP contribution >= 0.6 is 11.8 Å². The second-order valence-corrected chi connectivity index (χ2v) is 7.82. The number of nitrogens with zero attached hydrogens (tertiary/aromatic N) is 2. The van der Waals surface area contributed by atoms with Gasteiger partial charge in [0.2, 0.25) is 11.8 Å². The maximum Gasteiger partial charge on any atom is 0.238 e. The Morgan fingerprint density at radius 3 is 2.48 bits per heavy atom. The quantitative estimate of drug-likeness (QED) is 0.507. The molecule has 2 aromatic rings. The highest BCUT2D eigenvalue weighted by atomic mass is 32.2. The lowest BCUT2D eigenvalue weighted by Crippen LogP contribution is -2.41. The Kier molecular flexibility index (Phi) is 7.66. The molecule has 1 aliphatic rings. The third kappa shape index (κ3) is 6.32. The van der Waals surface area contributed by atoms with Crippen molar-refractivity contribution >= 4 is 40.1 Å². The Morgan fingerprint density at radius 2 is 1.84 bits per heavy atom. The summed E-state index contributed by atoms with van der Waals surface area (Å²) < 4.78 is 10.5. The monoisotopic (exact) mass is 440 g/mol. The highest BCUT2D eigenvalue weighted by molar-refractivity contribution is 8.15. The van der Waals surface area contributed by atoms with Gasteiger partial charge in [0, 0.05) is 12.1 Å². The van der Waals surface area contributed by atoms with E-state index in [0.717, 1.165) is 17.1 Å². The van der Waals surface area contributed by atoms with E-state index < -0.39 is 5.25 Å². The molecule has 2 aromatic carbocycles. The largest absolute Gasteiger partial charge is 0.497 e. The van der Waals surface area contributed by atoms with Gasteiger partial charge in [-0.1, -0.05) is 11.8 Å². The summed E-state index contributed by atoms with van der Waals surface area (Å²) in [5.74, 6) is 0.931. The Morgan fingerprint density at radius 1 is 1.16 bits per heavy atom. The second-order valence-electron chi connectivity index (χ2n) is 6.62. The van der Waals surface area contributed by atoms with E-state index in [1.165, 1.54) is 11.8 Å². The number of amidine groups is 1. The zero-order valence-electron chi connectivity index (χ0n) is 17.5. The zero-order valence-corrected chi connectivity index (χ0v) is 18.4. The van der Waals surface area contributed by atoms with Gasteiger partial charge in [-0.2, -0.15) is 5.10 Å². The standard InChI is InChI=1S/C22H24N4O4S/c1-4-30-18-11-7-16(8-12-18)23-21(28)19-13-20(27)24-22(31-19)26-25-14(2)15-5-9-17(29-3)10-6-15/h5-12,19H,4,13H2,1-3H3,(H,23,28)(H,24,26,27)/b25-14-/t19-/m0/s1. The maximum atomic E-state index is 12.6. The van der Waals surface area contributed by atoms with E-state index in [-0.39, 0.29) is 23.4 Å². The molecule has 31 heavy (non-hydrogen) atoms. The molecule has 0 spiro atoms. The van der Waals surface area contributed by atoms with Crippen molar-refractivity contribution in [3.63, 3.8) is 0 Å². The molecule has 0 aromatic heterocycles. The number of carbonyl (C=O) groups is 2. The summed E-state index contributed by atoms with van der Waals surface area (Å²) in [6.45, 7) is 4.29. The number of nitrogens with one attached hydrogen (secondary N) is 2. The lowest BCUT2D eigenvalue weighted by molar-refractivity contribution is -0.123. The first kappa shape index (κ1) is 22.4. The van der Waals surface area contributed by atoms with E-state index in [0.29, 0.717) is 18.0 Å². The van der Waals surface area contributed by atoms with Crippen molar-refractivity contribution < 1.29 is 19.1 Å². The van der Waals surface area contributed by atoms with Gasteiger partial charge >= 0.3 is 0 Å². The van der Waals surface area contributed by atoms with Gasteiger partial charge < -0.3 is 20.1 Å². The Hall–Kier alpha value is -3.33. The summed E-state index contributed by atoms with van der Waals surface area (Å²) in [5.41, 5.74) is 2.18. The van der Waals surface area contributed by atoms with Crippen LogP contribution in [0.3, 0.4) is 0 Å². The summed E-state index contributed by atoms with van der Waals surface area (Å²) in [4.78, 5) is 24.7. The molecule has 0 bridgehead atoms. The molecule has 2 amide bonds. The lowest BCUT2D eigenvalue weighted by Gasteiger charge is -2.21. The molecule has 0 unspecified atom stereocenters. The molecule has 0 radical (unpaired) electrons.